The van der Waals surface area contributed by atoms with E-state index in [0.717, 1.165) is 49.6 Å². The first-order chi connectivity index (χ1) is 27.7. The van der Waals surface area contributed by atoms with E-state index in [4.69, 9.17) is 19.4 Å². The van der Waals surface area contributed by atoms with Crippen molar-refractivity contribution in [2.24, 2.45) is 0 Å². The van der Waals surface area contributed by atoms with E-state index in [1.165, 1.54) is 42.6 Å². The van der Waals surface area contributed by atoms with Gasteiger partial charge in [0.1, 0.15) is 11.2 Å². The van der Waals surface area contributed by atoms with Crippen molar-refractivity contribution < 1.29 is 4.42 Å². The van der Waals surface area contributed by atoms with Gasteiger partial charge in [0.15, 0.2) is 17.5 Å². The average molecular weight is 734 g/mol. The summed E-state index contributed by atoms with van der Waals surface area (Å²) in [5.41, 5.74) is 11.6. The van der Waals surface area contributed by atoms with Crippen molar-refractivity contribution in [3.05, 3.63) is 188 Å². The summed E-state index contributed by atoms with van der Waals surface area (Å²) in [6.07, 6.45) is 0. The van der Waals surface area contributed by atoms with Crippen LogP contribution in [0, 0.1) is 0 Å². The van der Waals surface area contributed by atoms with Crippen LogP contribution in [0.25, 0.3) is 110 Å². The number of para-hydroxylation sites is 1. The predicted octanol–water partition coefficient (Wildman–Crippen LogP) is 14.1. The summed E-state index contributed by atoms with van der Waals surface area (Å²) in [6, 6.07) is 65.8. The zero-order valence-electron chi connectivity index (χ0n) is 30.1. The molecule has 0 unspecified atom stereocenters. The fraction of sp³-hybridized carbons (Fsp3) is 0. The Morgan fingerprint density at radius 1 is 0.321 bits per heavy atom. The van der Waals surface area contributed by atoms with E-state index in [0.29, 0.717) is 17.5 Å². The van der Waals surface area contributed by atoms with Crippen molar-refractivity contribution in [3.8, 4) is 67.5 Å². The van der Waals surface area contributed by atoms with Gasteiger partial charge in [-0.2, -0.15) is 0 Å². The van der Waals surface area contributed by atoms with Crippen molar-refractivity contribution >= 4 is 53.4 Å². The number of rotatable bonds is 6. The predicted molar refractivity (Wildman–Crippen MR) is 233 cm³/mol. The van der Waals surface area contributed by atoms with Gasteiger partial charge in [0, 0.05) is 47.6 Å². The van der Waals surface area contributed by atoms with Gasteiger partial charge in [-0.1, -0.05) is 158 Å². The molecule has 4 nitrogen and oxygen atoms in total. The van der Waals surface area contributed by atoms with Crippen molar-refractivity contribution in [1.82, 2.24) is 15.0 Å². The molecule has 0 N–H and O–H groups in total. The molecule has 56 heavy (non-hydrogen) atoms. The monoisotopic (exact) mass is 733 g/mol. The Morgan fingerprint density at radius 3 is 1.61 bits per heavy atom. The van der Waals surface area contributed by atoms with Gasteiger partial charge in [-0.05, 0) is 63.7 Å². The van der Waals surface area contributed by atoms with E-state index in [9.17, 15) is 0 Å². The quantitative estimate of drug-likeness (QED) is 0.171. The molecule has 3 heterocycles. The Hall–Kier alpha value is -7.21. The van der Waals surface area contributed by atoms with E-state index < -0.39 is 0 Å². The van der Waals surface area contributed by atoms with Crippen molar-refractivity contribution in [1.29, 1.82) is 0 Å². The molecule has 0 amide bonds. The maximum atomic E-state index is 6.27. The van der Waals surface area contributed by atoms with Crippen molar-refractivity contribution in [3.63, 3.8) is 0 Å². The molecule has 0 saturated heterocycles. The van der Waals surface area contributed by atoms with Gasteiger partial charge in [0.25, 0.3) is 0 Å². The summed E-state index contributed by atoms with van der Waals surface area (Å²) in [4.78, 5) is 15.5. The average Bonchev–Trinajstić information content (AvgIpc) is 3.85. The molecular formula is C51H31N3OS. The van der Waals surface area contributed by atoms with Crippen LogP contribution < -0.4 is 0 Å². The normalized spacial score (nSPS) is 11.6. The Balaban J connectivity index is 1.06. The van der Waals surface area contributed by atoms with Gasteiger partial charge in [-0.15, -0.1) is 11.3 Å². The van der Waals surface area contributed by atoms with Gasteiger partial charge < -0.3 is 4.42 Å². The number of furan rings is 1. The highest BCUT2D eigenvalue weighted by Crippen LogP contribution is 2.43. The topological polar surface area (TPSA) is 51.8 Å². The number of benzene rings is 8. The SMILES string of the molecule is c1ccc(-c2nc(-c3cccc4oc5ccccc5c34)nc(-c3cccc4sc5ccc(-c6ccc(-c7ccccc7-c7ccccc7)cc6)cc5c34)n2)cc1. The first-order valence-corrected chi connectivity index (χ1v) is 19.5. The second-order valence-electron chi connectivity index (χ2n) is 13.9. The highest BCUT2D eigenvalue weighted by molar-refractivity contribution is 7.26. The summed E-state index contributed by atoms with van der Waals surface area (Å²) in [5.74, 6) is 1.87. The summed E-state index contributed by atoms with van der Waals surface area (Å²) in [5, 5.41) is 4.36. The van der Waals surface area contributed by atoms with Gasteiger partial charge >= 0.3 is 0 Å². The zero-order chi connectivity index (χ0) is 37.0. The van der Waals surface area contributed by atoms with E-state index in [1.54, 1.807) is 11.3 Å². The van der Waals surface area contributed by atoms with E-state index in [2.05, 4.69) is 140 Å². The lowest BCUT2D eigenvalue weighted by molar-refractivity contribution is 0.669. The van der Waals surface area contributed by atoms with Crippen LogP contribution in [-0.2, 0) is 0 Å². The molecule has 0 spiro atoms. The highest BCUT2D eigenvalue weighted by Gasteiger charge is 2.20. The number of nitrogens with zero attached hydrogens (tertiary/aromatic N) is 3. The third-order valence-corrected chi connectivity index (χ3v) is 11.7. The minimum absolute atomic E-state index is 0.608. The van der Waals surface area contributed by atoms with Crippen LogP contribution >= 0.6 is 11.3 Å². The second-order valence-corrected chi connectivity index (χ2v) is 15.0. The molecule has 3 aromatic heterocycles. The molecule has 0 fully saturated rings. The molecule has 262 valence electrons. The summed E-state index contributed by atoms with van der Waals surface area (Å²) >= 11 is 1.80. The third-order valence-electron chi connectivity index (χ3n) is 10.6. The lowest BCUT2D eigenvalue weighted by atomic mass is 9.93. The smallest absolute Gasteiger partial charge is 0.164 e. The molecule has 8 aromatic carbocycles. The summed E-state index contributed by atoms with van der Waals surface area (Å²) in [6.45, 7) is 0. The maximum absolute atomic E-state index is 6.27. The first kappa shape index (κ1) is 32.2. The molecule has 11 rings (SSSR count). The van der Waals surface area contributed by atoms with Crippen LogP contribution in [0.3, 0.4) is 0 Å². The molecule has 0 aliphatic rings. The zero-order valence-corrected chi connectivity index (χ0v) is 30.9. The molecule has 0 saturated carbocycles. The van der Waals surface area contributed by atoms with Crippen LogP contribution in [0.4, 0.5) is 0 Å². The molecule has 0 bridgehead atoms. The lowest BCUT2D eigenvalue weighted by Gasteiger charge is -2.11. The van der Waals surface area contributed by atoms with Crippen molar-refractivity contribution in [2.45, 2.75) is 0 Å². The van der Waals surface area contributed by atoms with Crippen molar-refractivity contribution in [2.75, 3.05) is 0 Å². The Labute approximate surface area is 327 Å². The van der Waals surface area contributed by atoms with E-state index in [-0.39, 0.29) is 0 Å². The lowest BCUT2D eigenvalue weighted by Crippen LogP contribution is -2.00. The van der Waals surface area contributed by atoms with Gasteiger partial charge in [-0.3, -0.25) is 0 Å². The number of hydrogen-bond donors (Lipinski definition) is 0. The molecule has 5 heteroatoms. The van der Waals surface area contributed by atoms with Gasteiger partial charge in [-0.25, -0.2) is 15.0 Å². The number of hydrogen-bond acceptors (Lipinski definition) is 5. The van der Waals surface area contributed by atoms with Crippen LogP contribution in [0.15, 0.2) is 192 Å². The van der Waals surface area contributed by atoms with Crippen LogP contribution in [-0.4, -0.2) is 15.0 Å². The van der Waals surface area contributed by atoms with Gasteiger partial charge in [0.2, 0.25) is 0 Å². The first-order valence-electron chi connectivity index (χ1n) is 18.7. The minimum Gasteiger partial charge on any atom is -0.456 e. The molecule has 0 aliphatic carbocycles. The summed E-state index contributed by atoms with van der Waals surface area (Å²) in [7, 11) is 0. The third kappa shape index (κ3) is 5.48. The molecule has 11 aromatic rings. The second kappa shape index (κ2) is 13.3. The fourth-order valence-corrected chi connectivity index (χ4v) is 9.05. The number of fused-ring (bicyclic) bond motifs is 6. The Bertz CT molecular complexity index is 3240. The van der Waals surface area contributed by atoms with Crippen LogP contribution in [0.2, 0.25) is 0 Å². The van der Waals surface area contributed by atoms with Crippen LogP contribution in [0.5, 0.6) is 0 Å². The number of thiophene rings is 1. The standard InChI is InChI=1S/C51H31N3OS/c1-3-13-33(14-4-1)37-17-7-8-18-38(37)34-27-25-32(26-28-34)36-29-30-45-42(31-36)48-41(21-12-24-46(48)56-45)51-53-49(35-15-5-2-6-16-35)52-50(54-51)40-20-11-23-44-47(40)39-19-9-10-22-43(39)55-44/h1-31H. The Kier molecular flexibility index (Phi) is 7.64. The number of aromatic nitrogens is 3. The summed E-state index contributed by atoms with van der Waals surface area (Å²) < 4.78 is 8.68. The van der Waals surface area contributed by atoms with Crippen LogP contribution in [0.1, 0.15) is 0 Å². The molecule has 0 aliphatic heterocycles. The van der Waals surface area contributed by atoms with Gasteiger partial charge in [0.05, 0.1) is 0 Å². The largest absolute Gasteiger partial charge is 0.456 e. The van der Waals surface area contributed by atoms with E-state index >= 15 is 0 Å². The highest BCUT2D eigenvalue weighted by atomic mass is 32.1. The maximum Gasteiger partial charge on any atom is 0.164 e. The molecule has 0 atom stereocenters. The Morgan fingerprint density at radius 2 is 0.857 bits per heavy atom. The van der Waals surface area contributed by atoms with E-state index in [1.807, 2.05) is 48.5 Å². The fourth-order valence-electron chi connectivity index (χ4n) is 7.93. The molecule has 0 radical (unpaired) electrons. The minimum atomic E-state index is 0.608. The molecular weight excluding hydrogens is 703 g/mol.